The van der Waals surface area contributed by atoms with Gasteiger partial charge in [0, 0.05) is 0 Å². The second-order valence-corrected chi connectivity index (χ2v) is 6.91. The van der Waals surface area contributed by atoms with E-state index in [9.17, 15) is 4.79 Å². The molecule has 134 valence electrons. The van der Waals surface area contributed by atoms with Gasteiger partial charge in [0.25, 0.3) is 0 Å². The molecule has 0 aliphatic carbocycles. The fourth-order valence-corrected chi connectivity index (χ4v) is 3.52. The largest absolute Gasteiger partial charge is 0.322 e. The van der Waals surface area contributed by atoms with Gasteiger partial charge in [-0.2, -0.15) is 5.10 Å². The number of amides is 1. The molecule has 5 heteroatoms. The number of carbonyl (C=O) groups is 1. The van der Waals surface area contributed by atoms with Crippen LogP contribution in [0.2, 0.25) is 0 Å². The highest BCUT2D eigenvalue weighted by Crippen LogP contribution is 2.23. The SMILES string of the molecule is Cc1nn(-c2ccccc2)c(C)c1NC(=O)[C@H](C)N1CCCCCC1. The van der Waals surface area contributed by atoms with E-state index in [4.69, 9.17) is 0 Å². The molecule has 1 aromatic heterocycles. The number of aromatic nitrogens is 2. The summed E-state index contributed by atoms with van der Waals surface area (Å²) >= 11 is 0. The van der Waals surface area contributed by atoms with Gasteiger partial charge in [-0.3, -0.25) is 9.69 Å². The average Bonchev–Trinajstić information content (AvgIpc) is 2.83. The number of nitrogens with one attached hydrogen (secondary N) is 1. The molecule has 0 bridgehead atoms. The van der Waals surface area contributed by atoms with Crippen molar-refractivity contribution < 1.29 is 4.79 Å². The van der Waals surface area contributed by atoms with Crippen molar-refractivity contribution in [2.75, 3.05) is 18.4 Å². The molecule has 1 aliphatic heterocycles. The van der Waals surface area contributed by atoms with E-state index in [1.165, 1.54) is 25.7 Å². The zero-order chi connectivity index (χ0) is 17.8. The van der Waals surface area contributed by atoms with E-state index in [1.807, 2.05) is 55.8 Å². The summed E-state index contributed by atoms with van der Waals surface area (Å²) in [6.45, 7) is 7.97. The average molecular weight is 340 g/mol. The summed E-state index contributed by atoms with van der Waals surface area (Å²) in [6.07, 6.45) is 4.91. The number of rotatable bonds is 4. The van der Waals surface area contributed by atoms with Crippen molar-refractivity contribution in [1.82, 2.24) is 14.7 Å². The van der Waals surface area contributed by atoms with Crippen LogP contribution in [0.3, 0.4) is 0 Å². The Morgan fingerprint density at radius 2 is 1.72 bits per heavy atom. The number of hydrogen-bond acceptors (Lipinski definition) is 3. The lowest BCUT2D eigenvalue weighted by atomic mass is 10.2. The molecule has 1 fully saturated rings. The number of para-hydroxylation sites is 1. The first-order valence-corrected chi connectivity index (χ1v) is 9.24. The van der Waals surface area contributed by atoms with Gasteiger partial charge in [0.15, 0.2) is 0 Å². The Bertz CT molecular complexity index is 715. The molecule has 3 rings (SSSR count). The molecule has 1 aromatic carbocycles. The Morgan fingerprint density at radius 3 is 2.36 bits per heavy atom. The summed E-state index contributed by atoms with van der Waals surface area (Å²) in [4.78, 5) is 15.1. The van der Waals surface area contributed by atoms with Crippen LogP contribution in [-0.4, -0.2) is 39.7 Å². The van der Waals surface area contributed by atoms with E-state index < -0.39 is 0 Å². The fourth-order valence-electron chi connectivity index (χ4n) is 3.52. The highest BCUT2D eigenvalue weighted by Gasteiger charge is 2.24. The monoisotopic (exact) mass is 340 g/mol. The third kappa shape index (κ3) is 3.93. The Morgan fingerprint density at radius 1 is 1.08 bits per heavy atom. The van der Waals surface area contributed by atoms with Crippen LogP contribution >= 0.6 is 0 Å². The van der Waals surface area contributed by atoms with E-state index in [2.05, 4.69) is 15.3 Å². The van der Waals surface area contributed by atoms with Gasteiger partial charge in [0.05, 0.1) is 28.8 Å². The van der Waals surface area contributed by atoms with Crippen molar-refractivity contribution in [1.29, 1.82) is 0 Å². The minimum Gasteiger partial charge on any atom is -0.322 e. The lowest BCUT2D eigenvalue weighted by Gasteiger charge is -2.26. The Hall–Kier alpha value is -2.14. The Labute approximate surface area is 150 Å². The summed E-state index contributed by atoms with van der Waals surface area (Å²) in [5.74, 6) is 0.0562. The molecule has 2 aromatic rings. The van der Waals surface area contributed by atoms with Crippen LogP contribution in [0.15, 0.2) is 30.3 Å². The van der Waals surface area contributed by atoms with Crippen molar-refractivity contribution in [3.8, 4) is 5.69 Å². The molecular formula is C20H28N4O. The third-order valence-corrected chi connectivity index (χ3v) is 5.11. The van der Waals surface area contributed by atoms with Crippen molar-refractivity contribution in [2.45, 2.75) is 52.5 Å². The number of anilines is 1. The highest BCUT2D eigenvalue weighted by molar-refractivity contribution is 5.95. The number of aryl methyl sites for hydroxylation is 1. The molecule has 0 spiro atoms. The first kappa shape index (κ1) is 17.7. The summed E-state index contributed by atoms with van der Waals surface area (Å²) in [7, 11) is 0. The van der Waals surface area contributed by atoms with E-state index in [0.29, 0.717) is 0 Å². The van der Waals surface area contributed by atoms with Gasteiger partial charge >= 0.3 is 0 Å². The predicted octanol–water partition coefficient (Wildman–Crippen LogP) is 3.69. The van der Waals surface area contributed by atoms with Crippen molar-refractivity contribution in [2.24, 2.45) is 0 Å². The first-order chi connectivity index (χ1) is 12.1. The summed E-state index contributed by atoms with van der Waals surface area (Å²) in [5.41, 5.74) is 3.64. The molecule has 1 aliphatic rings. The van der Waals surface area contributed by atoms with Gasteiger partial charge in [-0.05, 0) is 58.8 Å². The molecule has 1 saturated heterocycles. The zero-order valence-corrected chi connectivity index (χ0v) is 15.5. The van der Waals surface area contributed by atoms with Gasteiger partial charge in [-0.1, -0.05) is 31.0 Å². The van der Waals surface area contributed by atoms with Crippen LogP contribution < -0.4 is 5.32 Å². The molecule has 0 saturated carbocycles. The molecule has 1 atom stereocenters. The second-order valence-electron chi connectivity index (χ2n) is 6.91. The van der Waals surface area contributed by atoms with Gasteiger partial charge < -0.3 is 5.32 Å². The van der Waals surface area contributed by atoms with E-state index >= 15 is 0 Å². The van der Waals surface area contributed by atoms with Crippen molar-refractivity contribution in [3.05, 3.63) is 41.7 Å². The van der Waals surface area contributed by atoms with Gasteiger partial charge in [0.1, 0.15) is 0 Å². The zero-order valence-electron chi connectivity index (χ0n) is 15.5. The quantitative estimate of drug-likeness (QED) is 0.923. The summed E-state index contributed by atoms with van der Waals surface area (Å²) in [6, 6.07) is 9.89. The van der Waals surface area contributed by atoms with Gasteiger partial charge in [0.2, 0.25) is 5.91 Å². The first-order valence-electron chi connectivity index (χ1n) is 9.24. The lowest BCUT2D eigenvalue weighted by molar-refractivity contribution is -0.120. The van der Waals surface area contributed by atoms with Crippen LogP contribution in [-0.2, 0) is 4.79 Å². The number of carbonyl (C=O) groups excluding carboxylic acids is 1. The molecule has 25 heavy (non-hydrogen) atoms. The number of nitrogens with zero attached hydrogens (tertiary/aromatic N) is 3. The highest BCUT2D eigenvalue weighted by atomic mass is 16.2. The maximum Gasteiger partial charge on any atom is 0.241 e. The smallest absolute Gasteiger partial charge is 0.241 e. The van der Waals surface area contributed by atoms with E-state index in [-0.39, 0.29) is 11.9 Å². The molecule has 0 unspecified atom stereocenters. The molecule has 2 heterocycles. The Kier molecular flexibility index (Phi) is 5.53. The summed E-state index contributed by atoms with van der Waals surface area (Å²) < 4.78 is 1.89. The number of benzene rings is 1. The van der Waals surface area contributed by atoms with Crippen LogP contribution in [0, 0.1) is 13.8 Å². The van der Waals surface area contributed by atoms with Crippen LogP contribution in [0.5, 0.6) is 0 Å². The number of likely N-dealkylation sites (tertiary alicyclic amines) is 1. The van der Waals surface area contributed by atoms with E-state index in [1.54, 1.807) is 0 Å². The van der Waals surface area contributed by atoms with Crippen LogP contribution in [0.4, 0.5) is 5.69 Å². The topological polar surface area (TPSA) is 50.2 Å². The van der Waals surface area contributed by atoms with E-state index in [0.717, 1.165) is 35.9 Å². The van der Waals surface area contributed by atoms with Crippen molar-refractivity contribution >= 4 is 11.6 Å². The third-order valence-electron chi connectivity index (χ3n) is 5.11. The normalized spacial score (nSPS) is 17.1. The lowest BCUT2D eigenvalue weighted by Crippen LogP contribution is -2.42. The van der Waals surface area contributed by atoms with Crippen LogP contribution in [0.25, 0.3) is 5.69 Å². The second kappa shape index (κ2) is 7.83. The van der Waals surface area contributed by atoms with Gasteiger partial charge in [-0.25, -0.2) is 4.68 Å². The molecule has 0 radical (unpaired) electrons. The minimum atomic E-state index is -0.114. The minimum absolute atomic E-state index is 0.0562. The summed E-state index contributed by atoms with van der Waals surface area (Å²) in [5, 5.41) is 7.73. The number of hydrogen-bond donors (Lipinski definition) is 1. The molecule has 1 N–H and O–H groups in total. The fraction of sp³-hybridized carbons (Fsp3) is 0.500. The van der Waals surface area contributed by atoms with Gasteiger partial charge in [-0.15, -0.1) is 0 Å². The molecule has 5 nitrogen and oxygen atoms in total. The predicted molar refractivity (Wildman–Crippen MR) is 101 cm³/mol. The standard InChI is InChI=1S/C20H28N4O/c1-15-19(16(2)24(22-15)18-11-7-6-8-12-18)21-20(25)17(3)23-13-9-4-5-10-14-23/h6-8,11-12,17H,4-5,9-10,13-14H2,1-3H3,(H,21,25)/t17-/m0/s1. The Balaban J connectivity index is 1.76. The van der Waals surface area contributed by atoms with Crippen LogP contribution in [0.1, 0.15) is 44.0 Å². The maximum absolute atomic E-state index is 12.8. The molecular weight excluding hydrogens is 312 g/mol. The van der Waals surface area contributed by atoms with Crippen molar-refractivity contribution in [3.63, 3.8) is 0 Å². The molecule has 1 amide bonds. The maximum atomic E-state index is 12.8.